The van der Waals surface area contributed by atoms with Crippen LogP contribution in [-0.4, -0.2) is 24.0 Å². The van der Waals surface area contributed by atoms with E-state index in [0.29, 0.717) is 6.54 Å². The lowest BCUT2D eigenvalue weighted by Gasteiger charge is -2.47. The molecule has 2 aliphatic heterocycles. The molecule has 0 unspecified atom stereocenters. The first-order chi connectivity index (χ1) is 11.5. The van der Waals surface area contributed by atoms with Crippen LogP contribution in [0, 0.1) is 0 Å². The van der Waals surface area contributed by atoms with Crippen molar-refractivity contribution < 1.29 is 9.84 Å². The number of rotatable bonds is 2. The van der Waals surface area contributed by atoms with Crippen molar-refractivity contribution in [2.24, 2.45) is 0 Å². The molecule has 24 heavy (non-hydrogen) atoms. The summed E-state index contributed by atoms with van der Waals surface area (Å²) in [6, 6.07) is 14.4. The zero-order valence-electron chi connectivity index (χ0n) is 13.8. The van der Waals surface area contributed by atoms with Crippen molar-refractivity contribution in [3.8, 4) is 5.75 Å². The monoisotopic (exact) mass is 385 g/mol. The molecule has 2 aliphatic rings. The van der Waals surface area contributed by atoms with Crippen molar-refractivity contribution in [1.82, 2.24) is 0 Å². The second kappa shape index (κ2) is 5.36. The van der Waals surface area contributed by atoms with Gasteiger partial charge in [-0.15, -0.1) is 0 Å². The lowest BCUT2D eigenvalue weighted by Crippen LogP contribution is -2.60. The van der Waals surface area contributed by atoms with Gasteiger partial charge in [0.15, 0.2) is 0 Å². The van der Waals surface area contributed by atoms with Crippen LogP contribution in [0.1, 0.15) is 25.0 Å². The van der Waals surface area contributed by atoms with Crippen LogP contribution < -0.4 is 9.64 Å². The Morgan fingerprint density at radius 3 is 2.75 bits per heavy atom. The average Bonchev–Trinajstić information content (AvgIpc) is 2.75. The molecule has 1 N–H and O–H groups in total. The fourth-order valence-electron chi connectivity index (χ4n) is 3.96. The number of benzene rings is 2. The summed E-state index contributed by atoms with van der Waals surface area (Å²) in [5.41, 5.74) is 2.54. The molecule has 1 atom stereocenters. The zero-order chi connectivity index (χ0) is 16.9. The van der Waals surface area contributed by atoms with Crippen molar-refractivity contribution in [3.63, 3.8) is 0 Å². The highest BCUT2D eigenvalue weighted by Crippen LogP contribution is 2.54. The van der Waals surface area contributed by atoms with Gasteiger partial charge in [-0.3, -0.25) is 0 Å². The number of halogens is 1. The summed E-state index contributed by atoms with van der Waals surface area (Å²) in [5, 5.41) is 9.64. The Hall–Kier alpha value is -1.78. The standard InChI is InChI=1S/C20H20BrNO2/c1-19(2)16-5-3-4-6-17(16)22(11-12-23)20(19)10-9-14-13-15(21)7-8-18(14)24-20/h3-10,13,23H,11-12H2,1-2H3/t20-/m0/s1. The van der Waals surface area contributed by atoms with Crippen molar-refractivity contribution in [2.45, 2.75) is 25.0 Å². The normalized spacial score (nSPS) is 23.1. The summed E-state index contributed by atoms with van der Waals surface area (Å²) in [5.74, 6) is 0.865. The highest BCUT2D eigenvalue weighted by atomic mass is 79.9. The van der Waals surface area contributed by atoms with Gasteiger partial charge in [-0.05, 0) is 55.8 Å². The molecule has 0 saturated carbocycles. The molecule has 1 spiro atoms. The number of aliphatic hydroxyl groups excluding tert-OH is 1. The van der Waals surface area contributed by atoms with Crippen LogP contribution in [0.25, 0.3) is 6.08 Å². The van der Waals surface area contributed by atoms with Gasteiger partial charge in [0.2, 0.25) is 5.72 Å². The second-order valence-corrected chi connectivity index (χ2v) is 7.75. The number of aliphatic hydroxyl groups is 1. The molecule has 0 bridgehead atoms. The van der Waals surface area contributed by atoms with Gasteiger partial charge < -0.3 is 14.7 Å². The maximum absolute atomic E-state index is 9.64. The third-order valence-corrected chi connectivity index (χ3v) is 5.71. The van der Waals surface area contributed by atoms with Crippen molar-refractivity contribution in [1.29, 1.82) is 0 Å². The highest BCUT2D eigenvalue weighted by Gasteiger charge is 2.58. The Labute approximate surface area is 150 Å². The third-order valence-electron chi connectivity index (χ3n) is 5.21. The number of nitrogens with zero attached hydrogens (tertiary/aromatic N) is 1. The van der Waals surface area contributed by atoms with Crippen molar-refractivity contribution in [2.75, 3.05) is 18.1 Å². The lowest BCUT2D eigenvalue weighted by molar-refractivity contribution is 0.0504. The number of para-hydroxylation sites is 1. The largest absolute Gasteiger partial charge is 0.463 e. The molecule has 0 saturated heterocycles. The van der Waals surface area contributed by atoms with Crippen LogP contribution in [0.5, 0.6) is 5.75 Å². The van der Waals surface area contributed by atoms with E-state index in [-0.39, 0.29) is 12.0 Å². The number of anilines is 1. The molecule has 4 rings (SSSR count). The van der Waals surface area contributed by atoms with E-state index >= 15 is 0 Å². The minimum absolute atomic E-state index is 0.0799. The SMILES string of the molecule is CC1(C)c2ccccc2N(CCO)[C@]12C=Cc1cc(Br)ccc1O2. The molecular formula is C20H20BrNO2. The number of hydrogen-bond acceptors (Lipinski definition) is 3. The van der Waals surface area contributed by atoms with E-state index in [9.17, 15) is 5.11 Å². The third kappa shape index (κ3) is 1.99. The van der Waals surface area contributed by atoms with Gasteiger partial charge in [-0.25, -0.2) is 0 Å². The minimum Gasteiger partial charge on any atom is -0.463 e. The number of β-amino-alcohol motifs (C(OH)–C–C–N with tert-alkyl or cyclic N) is 1. The Balaban J connectivity index is 1.90. The first-order valence-corrected chi connectivity index (χ1v) is 8.95. The predicted molar refractivity (Wildman–Crippen MR) is 100 cm³/mol. The van der Waals surface area contributed by atoms with E-state index in [2.05, 4.69) is 71.1 Å². The van der Waals surface area contributed by atoms with Crippen LogP contribution in [0.2, 0.25) is 0 Å². The molecule has 2 aromatic rings. The topological polar surface area (TPSA) is 32.7 Å². The van der Waals surface area contributed by atoms with Crippen LogP contribution in [0.15, 0.2) is 53.0 Å². The van der Waals surface area contributed by atoms with Crippen molar-refractivity contribution >= 4 is 27.7 Å². The lowest BCUT2D eigenvalue weighted by atomic mass is 9.76. The first-order valence-electron chi connectivity index (χ1n) is 8.15. The van der Waals surface area contributed by atoms with E-state index in [0.717, 1.165) is 21.5 Å². The quantitative estimate of drug-likeness (QED) is 0.834. The van der Waals surface area contributed by atoms with Gasteiger partial charge in [0.1, 0.15) is 5.75 Å². The molecule has 0 fully saturated rings. The fourth-order valence-corrected chi connectivity index (χ4v) is 4.34. The van der Waals surface area contributed by atoms with Gasteiger partial charge in [-0.2, -0.15) is 0 Å². The van der Waals surface area contributed by atoms with Crippen LogP contribution >= 0.6 is 15.9 Å². The van der Waals surface area contributed by atoms with Gasteiger partial charge in [0, 0.05) is 22.3 Å². The van der Waals surface area contributed by atoms with E-state index < -0.39 is 5.72 Å². The summed E-state index contributed by atoms with van der Waals surface area (Å²) in [4.78, 5) is 2.18. The van der Waals surface area contributed by atoms with E-state index in [4.69, 9.17) is 4.74 Å². The molecule has 2 aromatic carbocycles. The van der Waals surface area contributed by atoms with Gasteiger partial charge in [0.05, 0.1) is 12.0 Å². The van der Waals surface area contributed by atoms with E-state index in [1.54, 1.807) is 0 Å². The highest BCUT2D eigenvalue weighted by molar-refractivity contribution is 9.10. The average molecular weight is 386 g/mol. The summed E-state index contributed by atoms with van der Waals surface area (Å²) in [6.45, 7) is 5.02. The summed E-state index contributed by atoms with van der Waals surface area (Å²) in [7, 11) is 0. The van der Waals surface area contributed by atoms with Gasteiger partial charge >= 0.3 is 0 Å². The molecule has 4 heteroatoms. The molecule has 124 valence electrons. The number of hydrogen-bond donors (Lipinski definition) is 1. The van der Waals surface area contributed by atoms with Crippen LogP contribution in [0.3, 0.4) is 0 Å². The molecule has 0 aliphatic carbocycles. The molecule has 0 amide bonds. The first kappa shape index (κ1) is 15.7. The molecule has 0 aromatic heterocycles. The fraction of sp³-hybridized carbons (Fsp3) is 0.300. The van der Waals surface area contributed by atoms with Crippen LogP contribution in [-0.2, 0) is 5.41 Å². The Morgan fingerprint density at radius 1 is 1.17 bits per heavy atom. The zero-order valence-corrected chi connectivity index (χ0v) is 15.4. The smallest absolute Gasteiger partial charge is 0.212 e. The summed E-state index contributed by atoms with van der Waals surface area (Å²) < 4.78 is 7.64. The Kier molecular flexibility index (Phi) is 3.52. The van der Waals surface area contributed by atoms with Crippen LogP contribution in [0.4, 0.5) is 5.69 Å². The maximum atomic E-state index is 9.64. The minimum atomic E-state index is -0.639. The summed E-state index contributed by atoms with van der Waals surface area (Å²) >= 11 is 3.51. The molecular weight excluding hydrogens is 366 g/mol. The molecule has 3 nitrogen and oxygen atoms in total. The van der Waals surface area contributed by atoms with E-state index in [1.807, 2.05) is 18.2 Å². The maximum Gasteiger partial charge on any atom is 0.212 e. The van der Waals surface area contributed by atoms with E-state index in [1.165, 1.54) is 5.56 Å². The second-order valence-electron chi connectivity index (χ2n) is 6.83. The van der Waals surface area contributed by atoms with Crippen molar-refractivity contribution in [3.05, 3.63) is 64.1 Å². The molecule has 0 radical (unpaired) electrons. The van der Waals surface area contributed by atoms with Gasteiger partial charge in [0.25, 0.3) is 0 Å². The predicted octanol–water partition coefficient (Wildman–Crippen LogP) is 4.34. The number of fused-ring (bicyclic) bond motifs is 2. The molecule has 2 heterocycles. The Bertz CT molecular complexity index is 830. The number of ether oxygens (including phenoxy) is 1. The Morgan fingerprint density at radius 2 is 1.96 bits per heavy atom. The summed E-state index contributed by atoms with van der Waals surface area (Å²) in [6.07, 6.45) is 4.26. The van der Waals surface area contributed by atoms with Gasteiger partial charge in [-0.1, -0.05) is 34.1 Å².